The van der Waals surface area contributed by atoms with Crippen molar-refractivity contribution in [2.24, 2.45) is 22.5 Å². The van der Waals surface area contributed by atoms with Crippen LogP contribution in [0.4, 0.5) is 0 Å². The lowest BCUT2D eigenvalue weighted by atomic mass is 9.68. The highest BCUT2D eigenvalue weighted by atomic mass is 16.5. The Kier molecular flexibility index (Phi) is 25.4. The average molecular weight is 1180 g/mol. The Morgan fingerprint density at radius 3 is 1.07 bits per heavy atom. The number of amides is 1. The van der Waals surface area contributed by atoms with Crippen molar-refractivity contribution in [3.8, 4) is 0 Å². The molecule has 0 bridgehead atoms. The van der Waals surface area contributed by atoms with Gasteiger partial charge in [-0.15, -0.1) is 10.2 Å². The van der Waals surface area contributed by atoms with Gasteiger partial charge < -0.3 is 19.9 Å². The van der Waals surface area contributed by atoms with Crippen molar-refractivity contribution in [1.29, 1.82) is 0 Å². The van der Waals surface area contributed by atoms with Crippen LogP contribution in [0.5, 0.6) is 0 Å². The first-order chi connectivity index (χ1) is 42.9. The maximum atomic E-state index is 13.0. The molecule has 0 atom stereocenters. The molecule has 0 fully saturated rings. The number of ether oxygens (including phenoxy) is 1. The first-order valence-electron chi connectivity index (χ1n) is 30.0. The van der Waals surface area contributed by atoms with E-state index in [0.29, 0.717) is 0 Å². The fraction of sp³-hybridized carbons (Fsp3) is 0.213. The number of aromatic nitrogens is 3. The second-order valence-corrected chi connectivity index (χ2v) is 21.2. The molecule has 13 nitrogen and oxygen atoms in total. The van der Waals surface area contributed by atoms with E-state index in [-0.39, 0.29) is 11.4 Å². The van der Waals surface area contributed by atoms with Crippen LogP contribution < -0.4 is 23.0 Å². The predicted octanol–water partition coefficient (Wildman–Crippen LogP) is 12.9. The maximum absolute atomic E-state index is 13.0. The molecule has 2 aliphatic heterocycles. The number of nitrogens with two attached hydrogens (primary N) is 3. The first kappa shape index (κ1) is 65.9. The summed E-state index contributed by atoms with van der Waals surface area (Å²) in [6, 6.07) is 89.6. The minimum absolute atomic E-state index is 0. The van der Waals surface area contributed by atoms with Crippen LogP contribution in [0.2, 0.25) is 0 Å². The standard InChI is InChI=1S/C27H27N3.C20H18N2O.C20H16O2.C8H15NO.H4N2.H2O/c1-2-13-21-30-25(20-12-1)28-29-26(30)27(22-14-6-3-7-15-22,23-16-8-4-9-17-23)24-18-10-5-11-19-24;21-22-19(23)20(16-10-4-1-5-11-16,17-12-6-2-7-13-17)18-14-8-3-9-15-18;21-19(22)20(16-10-4-1-5-11-16,17-12-6-2-7-13-17)18-14-8-3-9-15-18;1-10-8-6-4-2-3-5-7-9-8;1-2;/h3-11,14-19H,1-2,12-13,20-21H2;1-15H,21H2,(H,22,23);1-15H,(H,21,22);2-7H2,1H3;1-2H2;1H2. The predicted molar refractivity (Wildman–Crippen MR) is 353 cm³/mol. The Morgan fingerprint density at radius 2 is 0.739 bits per heavy atom. The van der Waals surface area contributed by atoms with Gasteiger partial charge in [-0.05, 0) is 75.8 Å². The number of hydrazine groups is 2. The lowest BCUT2D eigenvalue weighted by Gasteiger charge is -2.35. The van der Waals surface area contributed by atoms with Gasteiger partial charge in [0.25, 0.3) is 5.91 Å². The fourth-order valence-corrected chi connectivity index (χ4v) is 12.1. The van der Waals surface area contributed by atoms with Crippen LogP contribution in [0.15, 0.2) is 278 Å². The lowest BCUT2D eigenvalue weighted by molar-refractivity contribution is -0.140. The number of aryl methyl sites for hydroxylation is 1. The van der Waals surface area contributed by atoms with Crippen LogP contribution in [0.3, 0.4) is 0 Å². The zero-order valence-corrected chi connectivity index (χ0v) is 50.2. The number of aliphatic carboxylic acids is 1. The SMILES string of the molecule is COC1=NCCCCCC1.NN.NNC(=O)C(c1ccccc1)(c1ccccc1)c1ccccc1.O.O=C(O)C(c1ccccc1)(c1ccccc1)c1ccccc1.c1ccc(C(c2ccccc2)(c2ccccc2)c2nnc3n2CCCCCC3)cc1. The van der Waals surface area contributed by atoms with Crippen LogP contribution in [0.25, 0.3) is 0 Å². The number of nitrogens with zero attached hydrogens (tertiary/aromatic N) is 4. The number of benzene rings is 9. The van der Waals surface area contributed by atoms with Gasteiger partial charge in [0.2, 0.25) is 0 Å². The van der Waals surface area contributed by atoms with Gasteiger partial charge in [0.05, 0.1) is 7.11 Å². The quantitative estimate of drug-likeness (QED) is 0.0339. The molecule has 88 heavy (non-hydrogen) atoms. The summed E-state index contributed by atoms with van der Waals surface area (Å²) < 4.78 is 7.49. The monoisotopic (exact) mass is 1170 g/mol. The number of fused-ring (bicyclic) bond motifs is 1. The number of carboxylic acids is 1. The summed E-state index contributed by atoms with van der Waals surface area (Å²) in [6.45, 7) is 1.94. The van der Waals surface area contributed by atoms with Crippen LogP contribution in [0.1, 0.15) is 120 Å². The number of methoxy groups -OCH3 is 1. The molecule has 1 aromatic heterocycles. The Bertz CT molecular complexity index is 3330. The van der Waals surface area contributed by atoms with Gasteiger partial charge in [-0.25, -0.2) is 5.84 Å². The molecular formula is C75H82N8O5. The van der Waals surface area contributed by atoms with Crippen molar-refractivity contribution < 1.29 is 24.9 Å². The number of rotatable bonds is 12. The molecule has 0 radical (unpaired) electrons. The molecule has 0 unspecified atom stereocenters. The third kappa shape index (κ3) is 14.9. The van der Waals surface area contributed by atoms with Crippen LogP contribution in [-0.4, -0.2) is 56.8 Å². The highest BCUT2D eigenvalue weighted by Crippen LogP contribution is 2.45. The van der Waals surface area contributed by atoms with Gasteiger partial charge in [-0.1, -0.05) is 299 Å². The number of carbonyl (C=O) groups is 2. The molecule has 1 amide bonds. The van der Waals surface area contributed by atoms with E-state index < -0.39 is 22.2 Å². The molecule has 12 rings (SSSR count). The smallest absolute Gasteiger partial charge is 0.323 e. The zero-order valence-electron chi connectivity index (χ0n) is 50.2. The number of hydrogen-bond donors (Lipinski definition) is 5. The Labute approximate surface area is 518 Å². The molecular weight excluding hydrogens is 1090 g/mol. The van der Waals surface area contributed by atoms with Gasteiger partial charge in [-0.3, -0.25) is 31.7 Å². The molecule has 0 saturated carbocycles. The van der Waals surface area contributed by atoms with Gasteiger partial charge >= 0.3 is 5.97 Å². The van der Waals surface area contributed by atoms with Crippen molar-refractivity contribution >= 4 is 17.8 Å². The fourth-order valence-electron chi connectivity index (χ4n) is 12.1. The molecule has 0 saturated heterocycles. The summed E-state index contributed by atoms with van der Waals surface area (Å²) >= 11 is 0. The Morgan fingerprint density at radius 1 is 0.432 bits per heavy atom. The third-order valence-electron chi connectivity index (χ3n) is 16.2. The number of carbonyl (C=O) groups excluding carboxylic acids is 1. The second-order valence-electron chi connectivity index (χ2n) is 21.2. The number of carboxylic acid groups (broad SMARTS) is 1. The van der Waals surface area contributed by atoms with E-state index in [1.807, 2.05) is 182 Å². The van der Waals surface area contributed by atoms with Crippen LogP contribution >= 0.6 is 0 Å². The summed E-state index contributed by atoms with van der Waals surface area (Å²) in [5.41, 5.74) is 8.21. The Hall–Kier alpha value is -9.63. The van der Waals surface area contributed by atoms with Crippen molar-refractivity contribution in [1.82, 2.24) is 20.2 Å². The van der Waals surface area contributed by atoms with E-state index in [0.717, 1.165) is 76.9 Å². The van der Waals surface area contributed by atoms with E-state index >= 15 is 0 Å². The molecule has 13 heteroatoms. The largest absolute Gasteiger partial charge is 0.484 e. The summed E-state index contributed by atoms with van der Waals surface area (Å²) in [4.78, 5) is 29.7. The van der Waals surface area contributed by atoms with Gasteiger partial charge in [0.1, 0.15) is 22.1 Å². The molecule has 0 aliphatic carbocycles. The number of nitrogens with one attached hydrogen (secondary N) is 1. The summed E-state index contributed by atoms with van der Waals surface area (Å²) in [5, 5.41) is 19.8. The minimum Gasteiger partial charge on any atom is -0.484 e. The highest BCUT2D eigenvalue weighted by Gasteiger charge is 2.46. The van der Waals surface area contributed by atoms with E-state index in [2.05, 4.69) is 118 Å². The molecule has 10 N–H and O–H groups in total. The van der Waals surface area contributed by atoms with Crippen molar-refractivity contribution in [2.75, 3.05) is 13.7 Å². The van der Waals surface area contributed by atoms with Gasteiger partial charge in [0, 0.05) is 25.9 Å². The van der Waals surface area contributed by atoms with Crippen molar-refractivity contribution in [3.05, 3.63) is 335 Å². The molecule has 10 aromatic rings. The normalized spacial score (nSPS) is 13.0. The molecule has 452 valence electrons. The van der Waals surface area contributed by atoms with Crippen molar-refractivity contribution in [3.63, 3.8) is 0 Å². The van der Waals surface area contributed by atoms with Crippen molar-refractivity contribution in [2.45, 2.75) is 87.0 Å². The van der Waals surface area contributed by atoms with Crippen LogP contribution in [0, 0.1) is 0 Å². The summed E-state index contributed by atoms with van der Waals surface area (Å²) in [7, 11) is 1.71. The number of aliphatic imine (C=N–C) groups is 1. The molecule has 9 aromatic carbocycles. The molecule has 2 aliphatic rings. The maximum Gasteiger partial charge on any atom is 0.323 e. The van der Waals surface area contributed by atoms with Gasteiger partial charge in [-0.2, -0.15) is 0 Å². The van der Waals surface area contributed by atoms with Crippen LogP contribution in [-0.2, 0) is 43.5 Å². The molecule has 0 spiro atoms. The zero-order chi connectivity index (χ0) is 61.0. The summed E-state index contributed by atoms with van der Waals surface area (Å²) in [6.07, 6.45) is 12.1. The average Bonchev–Trinajstić information content (AvgIpc) is 1.29. The summed E-state index contributed by atoms with van der Waals surface area (Å²) in [5.74, 6) is 15.5. The highest BCUT2D eigenvalue weighted by molar-refractivity contribution is 5.96. The van der Waals surface area contributed by atoms with E-state index in [1.54, 1.807) is 7.11 Å². The second kappa shape index (κ2) is 33.9. The lowest BCUT2D eigenvalue weighted by Crippen LogP contribution is -2.48. The Balaban J connectivity index is 0.000000173. The topological polar surface area (TPSA) is 228 Å². The van der Waals surface area contributed by atoms with E-state index in [9.17, 15) is 14.7 Å². The van der Waals surface area contributed by atoms with Gasteiger partial charge in [0.15, 0.2) is 11.7 Å². The van der Waals surface area contributed by atoms with E-state index in [4.69, 9.17) is 20.8 Å². The minimum atomic E-state index is -1.20. The first-order valence-corrected chi connectivity index (χ1v) is 30.0. The molecule has 3 heterocycles. The number of hydrogen-bond acceptors (Lipinski definition) is 9. The van der Waals surface area contributed by atoms with E-state index in [1.165, 1.54) is 68.1 Å². The third-order valence-corrected chi connectivity index (χ3v) is 16.2.